The van der Waals surface area contributed by atoms with Crippen molar-refractivity contribution in [2.45, 2.75) is 13.8 Å². The smallest absolute Gasteiger partial charge is 0.141 e. The molecule has 3 nitrogen and oxygen atoms in total. The molecule has 2 aromatic heterocycles. The van der Waals surface area contributed by atoms with Crippen LogP contribution in [0.25, 0.3) is 10.1 Å². The first kappa shape index (κ1) is 13.9. The Labute approximate surface area is 128 Å². The van der Waals surface area contributed by atoms with Crippen molar-refractivity contribution in [2.75, 3.05) is 19.1 Å². The monoisotopic (exact) mass is 298 g/mol. The van der Waals surface area contributed by atoms with Crippen molar-refractivity contribution in [1.82, 2.24) is 4.98 Å². The van der Waals surface area contributed by atoms with E-state index in [9.17, 15) is 0 Å². The van der Waals surface area contributed by atoms with Crippen molar-refractivity contribution in [3.8, 4) is 5.75 Å². The number of anilines is 2. The molecule has 1 aromatic carbocycles. The molecule has 0 saturated heterocycles. The number of nitrogens with zero attached hydrogens (tertiary/aromatic N) is 2. The second-order valence-electron chi connectivity index (χ2n) is 5.12. The summed E-state index contributed by atoms with van der Waals surface area (Å²) in [5.41, 5.74) is 2.33. The average Bonchev–Trinajstić information content (AvgIpc) is 2.89. The van der Waals surface area contributed by atoms with Gasteiger partial charge in [-0.15, -0.1) is 11.3 Å². The third-order valence-electron chi connectivity index (χ3n) is 3.61. The zero-order valence-electron chi connectivity index (χ0n) is 12.7. The Morgan fingerprint density at radius 2 is 1.86 bits per heavy atom. The van der Waals surface area contributed by atoms with Crippen LogP contribution in [-0.4, -0.2) is 19.1 Å². The minimum absolute atomic E-state index is 0.862. The second-order valence-corrected chi connectivity index (χ2v) is 6.38. The maximum Gasteiger partial charge on any atom is 0.141 e. The average molecular weight is 298 g/mol. The van der Waals surface area contributed by atoms with Crippen LogP contribution >= 0.6 is 11.3 Å². The van der Waals surface area contributed by atoms with Gasteiger partial charge < -0.3 is 9.64 Å². The molecular formula is C17H18N2OS. The summed E-state index contributed by atoms with van der Waals surface area (Å²) in [5.74, 6) is 1.85. The topological polar surface area (TPSA) is 25.4 Å². The molecule has 0 bridgehead atoms. The van der Waals surface area contributed by atoms with Crippen molar-refractivity contribution >= 4 is 32.9 Å². The highest BCUT2D eigenvalue weighted by Crippen LogP contribution is 2.36. The van der Waals surface area contributed by atoms with Crippen LogP contribution in [0.1, 0.15) is 10.4 Å². The minimum Gasteiger partial charge on any atom is -0.497 e. The molecule has 0 fully saturated rings. The van der Waals surface area contributed by atoms with Crippen LogP contribution in [0.2, 0.25) is 0 Å². The van der Waals surface area contributed by atoms with Gasteiger partial charge in [-0.2, -0.15) is 0 Å². The number of hydrogen-bond acceptors (Lipinski definition) is 4. The SMILES string of the molecule is COc1ccc(N(C)c2ncc(C)c3sc(C)cc23)cc1. The van der Waals surface area contributed by atoms with Gasteiger partial charge in [0.2, 0.25) is 0 Å². The lowest BCUT2D eigenvalue weighted by Gasteiger charge is -2.20. The van der Waals surface area contributed by atoms with E-state index in [0.717, 1.165) is 17.3 Å². The molecule has 0 spiro atoms. The van der Waals surface area contributed by atoms with Crippen LogP contribution in [0.15, 0.2) is 36.5 Å². The van der Waals surface area contributed by atoms with Gasteiger partial charge in [0.05, 0.1) is 7.11 Å². The van der Waals surface area contributed by atoms with Crippen molar-refractivity contribution in [3.63, 3.8) is 0 Å². The van der Waals surface area contributed by atoms with Gasteiger partial charge in [0.15, 0.2) is 0 Å². The maximum absolute atomic E-state index is 5.21. The standard InChI is InChI=1S/C17H18N2OS/c1-11-10-18-17(15-9-12(2)21-16(11)15)19(3)13-5-7-14(20-4)8-6-13/h5-10H,1-4H3. The molecule has 0 amide bonds. The highest BCUT2D eigenvalue weighted by atomic mass is 32.1. The number of pyridine rings is 1. The van der Waals surface area contributed by atoms with Gasteiger partial charge in [0.1, 0.15) is 11.6 Å². The Morgan fingerprint density at radius 1 is 1.14 bits per heavy atom. The van der Waals surface area contributed by atoms with E-state index in [2.05, 4.69) is 29.8 Å². The zero-order chi connectivity index (χ0) is 15.0. The third-order valence-corrected chi connectivity index (χ3v) is 4.80. The van der Waals surface area contributed by atoms with E-state index >= 15 is 0 Å². The number of aromatic nitrogens is 1. The summed E-state index contributed by atoms with van der Waals surface area (Å²) >= 11 is 1.82. The van der Waals surface area contributed by atoms with E-state index in [1.165, 1.54) is 20.5 Å². The molecule has 108 valence electrons. The molecule has 0 N–H and O–H groups in total. The number of aryl methyl sites for hydroxylation is 2. The quantitative estimate of drug-likeness (QED) is 0.701. The number of benzene rings is 1. The fraction of sp³-hybridized carbons (Fsp3) is 0.235. The van der Waals surface area contributed by atoms with E-state index in [-0.39, 0.29) is 0 Å². The van der Waals surface area contributed by atoms with Crippen molar-refractivity contribution in [2.24, 2.45) is 0 Å². The van der Waals surface area contributed by atoms with E-state index in [0.29, 0.717) is 0 Å². The van der Waals surface area contributed by atoms with Crippen LogP contribution < -0.4 is 9.64 Å². The molecule has 4 heteroatoms. The molecule has 0 unspecified atom stereocenters. The molecule has 0 aliphatic rings. The number of hydrogen-bond donors (Lipinski definition) is 0. The number of thiophene rings is 1. The summed E-state index contributed by atoms with van der Waals surface area (Å²) in [7, 11) is 3.73. The predicted octanol–water partition coefficient (Wildman–Crippen LogP) is 4.69. The Kier molecular flexibility index (Phi) is 3.55. The molecule has 21 heavy (non-hydrogen) atoms. The lowest BCUT2D eigenvalue weighted by Crippen LogP contribution is -2.11. The normalized spacial score (nSPS) is 10.9. The Balaban J connectivity index is 2.08. The van der Waals surface area contributed by atoms with Gasteiger partial charge in [0, 0.05) is 33.9 Å². The molecule has 0 saturated carbocycles. The van der Waals surface area contributed by atoms with Crippen LogP contribution in [-0.2, 0) is 0 Å². The van der Waals surface area contributed by atoms with E-state index in [1.54, 1.807) is 7.11 Å². The molecule has 2 heterocycles. The summed E-state index contributed by atoms with van der Waals surface area (Å²) in [6.45, 7) is 4.25. The third kappa shape index (κ3) is 2.47. The lowest BCUT2D eigenvalue weighted by atomic mass is 10.2. The fourth-order valence-corrected chi connectivity index (χ4v) is 3.43. The minimum atomic E-state index is 0.862. The maximum atomic E-state index is 5.21. The van der Waals surface area contributed by atoms with Crippen molar-refractivity contribution in [1.29, 1.82) is 0 Å². The first-order valence-electron chi connectivity index (χ1n) is 6.83. The van der Waals surface area contributed by atoms with E-state index in [4.69, 9.17) is 4.74 Å². The van der Waals surface area contributed by atoms with Crippen LogP contribution in [0.3, 0.4) is 0 Å². The number of rotatable bonds is 3. The predicted molar refractivity (Wildman–Crippen MR) is 90.2 cm³/mol. The summed E-state index contributed by atoms with van der Waals surface area (Å²) in [4.78, 5) is 8.07. The van der Waals surface area contributed by atoms with Gasteiger partial charge >= 0.3 is 0 Å². The van der Waals surface area contributed by atoms with Gasteiger partial charge in [0.25, 0.3) is 0 Å². The van der Waals surface area contributed by atoms with Crippen LogP contribution in [0, 0.1) is 13.8 Å². The highest BCUT2D eigenvalue weighted by molar-refractivity contribution is 7.19. The van der Waals surface area contributed by atoms with Gasteiger partial charge in [-0.05, 0) is 49.7 Å². The summed E-state index contributed by atoms with van der Waals surface area (Å²) < 4.78 is 6.53. The largest absolute Gasteiger partial charge is 0.497 e. The van der Waals surface area contributed by atoms with Gasteiger partial charge in [-0.3, -0.25) is 0 Å². The summed E-state index contributed by atoms with van der Waals surface area (Å²) in [6, 6.07) is 10.2. The van der Waals surface area contributed by atoms with Crippen LogP contribution in [0.4, 0.5) is 11.5 Å². The number of fused-ring (bicyclic) bond motifs is 1. The van der Waals surface area contributed by atoms with E-state index in [1.807, 2.05) is 48.8 Å². The van der Waals surface area contributed by atoms with E-state index < -0.39 is 0 Å². The Bertz CT molecular complexity index is 777. The summed E-state index contributed by atoms with van der Waals surface area (Å²) in [6.07, 6.45) is 1.95. The molecule has 0 radical (unpaired) electrons. The van der Waals surface area contributed by atoms with Gasteiger partial charge in [-0.1, -0.05) is 0 Å². The molecule has 0 aliphatic heterocycles. The fourth-order valence-electron chi connectivity index (χ4n) is 2.45. The highest BCUT2D eigenvalue weighted by Gasteiger charge is 2.13. The number of methoxy groups -OCH3 is 1. The Hall–Kier alpha value is -2.07. The number of ether oxygens (including phenoxy) is 1. The molecule has 3 aromatic rings. The molecule has 3 rings (SSSR count). The lowest BCUT2D eigenvalue weighted by molar-refractivity contribution is 0.415. The first-order chi connectivity index (χ1) is 10.1. The second kappa shape index (κ2) is 5.37. The van der Waals surface area contributed by atoms with Gasteiger partial charge in [-0.25, -0.2) is 4.98 Å². The van der Waals surface area contributed by atoms with Crippen LogP contribution in [0.5, 0.6) is 5.75 Å². The first-order valence-corrected chi connectivity index (χ1v) is 7.65. The molecule has 0 aliphatic carbocycles. The van der Waals surface area contributed by atoms with Crippen molar-refractivity contribution in [3.05, 3.63) is 47.0 Å². The zero-order valence-corrected chi connectivity index (χ0v) is 13.5. The Morgan fingerprint density at radius 3 is 2.52 bits per heavy atom. The summed E-state index contributed by atoms with van der Waals surface area (Å²) in [5, 5.41) is 1.22. The van der Waals surface area contributed by atoms with Crippen molar-refractivity contribution < 1.29 is 4.74 Å². The molecular weight excluding hydrogens is 280 g/mol. The molecule has 0 atom stereocenters.